The van der Waals surface area contributed by atoms with E-state index in [2.05, 4.69) is 10.4 Å². The quantitative estimate of drug-likeness (QED) is 0.857. The number of sulfonamides is 1. The molecule has 0 aliphatic carbocycles. The second-order valence-electron chi connectivity index (χ2n) is 4.91. The van der Waals surface area contributed by atoms with Crippen molar-refractivity contribution in [2.75, 3.05) is 26.7 Å². The molecule has 1 unspecified atom stereocenters. The first-order valence-electron chi connectivity index (χ1n) is 6.76. The summed E-state index contributed by atoms with van der Waals surface area (Å²) in [6.45, 7) is 4.52. The third-order valence-electron chi connectivity index (χ3n) is 3.56. The molecule has 0 spiro atoms. The zero-order chi connectivity index (χ0) is 13.9. The van der Waals surface area contributed by atoms with Crippen molar-refractivity contribution in [3.05, 3.63) is 12.3 Å². The third-order valence-corrected chi connectivity index (χ3v) is 5.44. The van der Waals surface area contributed by atoms with Gasteiger partial charge in [0.25, 0.3) is 10.0 Å². The van der Waals surface area contributed by atoms with E-state index in [4.69, 9.17) is 0 Å². The zero-order valence-electron chi connectivity index (χ0n) is 11.5. The Bertz CT molecular complexity index is 510. The fourth-order valence-electron chi connectivity index (χ4n) is 2.61. The number of aromatic nitrogens is 2. The SMILES string of the molecule is CCn1nccc1S(=O)(=O)N1CCCC(CNC)C1. The van der Waals surface area contributed by atoms with E-state index in [1.54, 1.807) is 16.6 Å². The number of rotatable bonds is 5. The Morgan fingerprint density at radius 2 is 2.32 bits per heavy atom. The number of piperidine rings is 1. The van der Waals surface area contributed by atoms with Crippen LogP contribution in [0.25, 0.3) is 0 Å². The highest BCUT2D eigenvalue weighted by Crippen LogP contribution is 2.23. The lowest BCUT2D eigenvalue weighted by atomic mass is 10.00. The Hall–Kier alpha value is -0.920. The summed E-state index contributed by atoms with van der Waals surface area (Å²) in [5.41, 5.74) is 0. The van der Waals surface area contributed by atoms with Crippen LogP contribution < -0.4 is 5.32 Å². The van der Waals surface area contributed by atoms with Crippen LogP contribution >= 0.6 is 0 Å². The third kappa shape index (κ3) is 2.98. The van der Waals surface area contributed by atoms with Crippen LogP contribution in [-0.4, -0.2) is 49.2 Å². The first-order chi connectivity index (χ1) is 9.09. The summed E-state index contributed by atoms with van der Waals surface area (Å²) in [6, 6.07) is 1.58. The number of aryl methyl sites for hydroxylation is 1. The maximum Gasteiger partial charge on any atom is 0.260 e. The van der Waals surface area contributed by atoms with Crippen LogP contribution in [0.5, 0.6) is 0 Å². The summed E-state index contributed by atoms with van der Waals surface area (Å²) in [4.78, 5) is 0. The number of nitrogens with one attached hydrogen (secondary N) is 1. The van der Waals surface area contributed by atoms with Crippen LogP contribution in [0.1, 0.15) is 19.8 Å². The molecule has 1 N–H and O–H groups in total. The maximum atomic E-state index is 12.6. The second kappa shape index (κ2) is 6.02. The average molecular weight is 286 g/mol. The zero-order valence-corrected chi connectivity index (χ0v) is 12.4. The molecule has 2 heterocycles. The van der Waals surface area contributed by atoms with Crippen LogP contribution in [0.4, 0.5) is 0 Å². The molecule has 1 aromatic heterocycles. The van der Waals surface area contributed by atoms with Gasteiger partial charge in [0.15, 0.2) is 5.03 Å². The molecule has 1 fully saturated rings. The number of hydrogen-bond acceptors (Lipinski definition) is 4. The first-order valence-corrected chi connectivity index (χ1v) is 8.20. The first kappa shape index (κ1) is 14.5. The topological polar surface area (TPSA) is 67.2 Å². The van der Waals surface area contributed by atoms with Gasteiger partial charge in [-0.15, -0.1) is 0 Å². The number of hydrogen-bond donors (Lipinski definition) is 1. The van der Waals surface area contributed by atoms with Gasteiger partial charge in [-0.05, 0) is 45.3 Å². The van der Waals surface area contributed by atoms with E-state index in [9.17, 15) is 8.42 Å². The summed E-state index contributed by atoms with van der Waals surface area (Å²) in [5, 5.41) is 7.48. The van der Waals surface area contributed by atoms with Crippen molar-refractivity contribution in [3.63, 3.8) is 0 Å². The minimum Gasteiger partial charge on any atom is -0.319 e. The van der Waals surface area contributed by atoms with Crippen molar-refractivity contribution in [2.24, 2.45) is 5.92 Å². The smallest absolute Gasteiger partial charge is 0.260 e. The van der Waals surface area contributed by atoms with E-state index in [1.165, 1.54) is 4.68 Å². The average Bonchev–Trinajstić information content (AvgIpc) is 2.88. The van der Waals surface area contributed by atoms with Crippen molar-refractivity contribution in [2.45, 2.75) is 31.3 Å². The van der Waals surface area contributed by atoms with E-state index in [1.807, 2.05) is 14.0 Å². The maximum absolute atomic E-state index is 12.6. The standard InChI is InChI=1S/C12H22N4O2S/c1-3-16-12(6-7-14-16)19(17,18)15-8-4-5-11(10-15)9-13-2/h6-7,11,13H,3-5,8-10H2,1-2H3. The van der Waals surface area contributed by atoms with Crippen LogP contribution in [0.2, 0.25) is 0 Å². The summed E-state index contributed by atoms with van der Waals surface area (Å²) in [5.74, 6) is 0.395. The van der Waals surface area contributed by atoms with E-state index < -0.39 is 10.0 Å². The minimum absolute atomic E-state index is 0.306. The van der Waals surface area contributed by atoms with Gasteiger partial charge in [0, 0.05) is 19.6 Å². The lowest BCUT2D eigenvalue weighted by Gasteiger charge is -2.31. The molecule has 0 aromatic carbocycles. The monoisotopic (exact) mass is 286 g/mol. The van der Waals surface area contributed by atoms with Crippen LogP contribution in [-0.2, 0) is 16.6 Å². The Morgan fingerprint density at radius 1 is 1.53 bits per heavy atom. The Balaban J connectivity index is 2.20. The second-order valence-corrected chi connectivity index (χ2v) is 6.80. The van der Waals surface area contributed by atoms with Gasteiger partial charge in [0.05, 0.1) is 6.20 Å². The molecule has 1 aromatic rings. The van der Waals surface area contributed by atoms with Gasteiger partial charge in [-0.1, -0.05) is 0 Å². The van der Waals surface area contributed by atoms with Crippen molar-refractivity contribution in [1.82, 2.24) is 19.4 Å². The van der Waals surface area contributed by atoms with E-state index >= 15 is 0 Å². The molecule has 1 aliphatic rings. The van der Waals surface area contributed by atoms with Crippen molar-refractivity contribution in [3.8, 4) is 0 Å². The Labute approximate surface area is 114 Å². The molecular formula is C12H22N4O2S. The molecule has 1 atom stereocenters. The normalized spacial score (nSPS) is 21.7. The highest BCUT2D eigenvalue weighted by molar-refractivity contribution is 7.89. The van der Waals surface area contributed by atoms with Crippen molar-refractivity contribution >= 4 is 10.0 Å². The molecule has 1 saturated heterocycles. The highest BCUT2D eigenvalue weighted by Gasteiger charge is 2.31. The highest BCUT2D eigenvalue weighted by atomic mass is 32.2. The molecule has 2 rings (SSSR count). The molecule has 0 amide bonds. The molecule has 0 radical (unpaired) electrons. The van der Waals surface area contributed by atoms with E-state index in [0.29, 0.717) is 30.6 Å². The molecule has 6 nitrogen and oxygen atoms in total. The Morgan fingerprint density at radius 3 is 3.00 bits per heavy atom. The molecule has 19 heavy (non-hydrogen) atoms. The van der Waals surface area contributed by atoms with Crippen LogP contribution in [0, 0.1) is 5.92 Å². The van der Waals surface area contributed by atoms with Crippen LogP contribution in [0.15, 0.2) is 17.3 Å². The fraction of sp³-hybridized carbons (Fsp3) is 0.750. The molecule has 1 aliphatic heterocycles. The lowest BCUT2D eigenvalue weighted by Crippen LogP contribution is -2.43. The van der Waals surface area contributed by atoms with Crippen LogP contribution in [0.3, 0.4) is 0 Å². The fourth-order valence-corrected chi connectivity index (χ4v) is 4.33. The molecule has 0 saturated carbocycles. The predicted molar refractivity (Wildman–Crippen MR) is 73.3 cm³/mol. The molecule has 7 heteroatoms. The van der Waals surface area contributed by atoms with E-state index in [0.717, 1.165) is 19.4 Å². The summed E-state index contributed by atoms with van der Waals surface area (Å²) in [6.07, 6.45) is 3.55. The van der Waals surface area contributed by atoms with Crippen molar-refractivity contribution < 1.29 is 8.42 Å². The van der Waals surface area contributed by atoms with Crippen molar-refractivity contribution in [1.29, 1.82) is 0 Å². The van der Waals surface area contributed by atoms with Gasteiger partial charge in [-0.2, -0.15) is 9.40 Å². The summed E-state index contributed by atoms with van der Waals surface area (Å²) >= 11 is 0. The van der Waals surface area contributed by atoms with Gasteiger partial charge in [0.2, 0.25) is 0 Å². The largest absolute Gasteiger partial charge is 0.319 e. The number of nitrogens with zero attached hydrogens (tertiary/aromatic N) is 3. The van der Waals surface area contributed by atoms with Gasteiger partial charge < -0.3 is 5.32 Å². The minimum atomic E-state index is -3.41. The summed E-state index contributed by atoms with van der Waals surface area (Å²) < 4.78 is 28.4. The van der Waals surface area contributed by atoms with Gasteiger partial charge >= 0.3 is 0 Å². The Kier molecular flexibility index (Phi) is 4.59. The predicted octanol–water partition coefficient (Wildman–Crippen LogP) is 0.523. The van der Waals surface area contributed by atoms with E-state index in [-0.39, 0.29) is 0 Å². The lowest BCUT2D eigenvalue weighted by molar-refractivity contribution is 0.262. The molecule has 108 valence electrons. The molecular weight excluding hydrogens is 264 g/mol. The summed E-state index contributed by atoms with van der Waals surface area (Å²) in [7, 11) is -1.50. The van der Waals surface area contributed by atoms with Gasteiger partial charge in [0.1, 0.15) is 0 Å². The van der Waals surface area contributed by atoms with Gasteiger partial charge in [-0.25, -0.2) is 8.42 Å². The molecule has 0 bridgehead atoms. The van der Waals surface area contributed by atoms with Gasteiger partial charge in [-0.3, -0.25) is 4.68 Å².